The van der Waals surface area contributed by atoms with Gasteiger partial charge in [0.25, 0.3) is 5.91 Å². The summed E-state index contributed by atoms with van der Waals surface area (Å²) < 4.78 is 1.68. The molecule has 2 aromatic heterocycles. The Morgan fingerprint density at radius 1 is 1.19 bits per heavy atom. The number of rotatable bonds is 6. The standard InChI is InChI=1S/C22H25ClN6OS/c1-15-9-10-17(13-18(15)23)29-19(14-31-22-24-11-6-12-25-22)20(27-28-29)21(30)26-16-7-4-2-3-5-8-16/h6,9-13,16H,2-5,7-8,14H2,1H3,(H,26,30). The van der Waals surface area contributed by atoms with E-state index in [1.54, 1.807) is 23.1 Å². The number of carbonyl (C=O) groups excluding carboxylic acids is 1. The summed E-state index contributed by atoms with van der Waals surface area (Å²) >= 11 is 7.78. The third kappa shape index (κ3) is 5.43. The molecule has 1 fully saturated rings. The largest absolute Gasteiger partial charge is 0.348 e. The Bertz CT molecular complexity index is 1030. The minimum atomic E-state index is -0.180. The Balaban J connectivity index is 1.62. The van der Waals surface area contributed by atoms with Gasteiger partial charge in [-0.25, -0.2) is 14.6 Å². The molecule has 162 valence electrons. The number of hydrogen-bond acceptors (Lipinski definition) is 6. The normalized spacial score (nSPS) is 14.9. The van der Waals surface area contributed by atoms with Gasteiger partial charge in [-0.2, -0.15) is 0 Å². The SMILES string of the molecule is Cc1ccc(-n2nnc(C(=O)NC3CCCCCC3)c2CSc2ncccn2)cc1Cl. The van der Waals surface area contributed by atoms with Crippen LogP contribution in [0.1, 0.15) is 60.3 Å². The zero-order valence-corrected chi connectivity index (χ0v) is 19.0. The van der Waals surface area contributed by atoms with Crippen LogP contribution in [0.2, 0.25) is 5.02 Å². The molecule has 3 aromatic rings. The third-order valence-corrected chi connectivity index (χ3v) is 6.74. The number of nitrogens with zero attached hydrogens (tertiary/aromatic N) is 5. The van der Waals surface area contributed by atoms with Crippen LogP contribution in [-0.4, -0.2) is 36.9 Å². The number of aromatic nitrogens is 5. The van der Waals surface area contributed by atoms with E-state index in [2.05, 4.69) is 25.6 Å². The molecule has 4 rings (SSSR count). The lowest BCUT2D eigenvalue weighted by Gasteiger charge is -2.16. The maximum absolute atomic E-state index is 13.1. The number of nitrogens with one attached hydrogen (secondary N) is 1. The summed E-state index contributed by atoms with van der Waals surface area (Å²) in [4.78, 5) is 21.7. The molecule has 1 aromatic carbocycles. The van der Waals surface area contributed by atoms with Crippen molar-refractivity contribution < 1.29 is 4.79 Å². The summed E-state index contributed by atoms with van der Waals surface area (Å²) in [5.41, 5.74) is 2.78. The van der Waals surface area contributed by atoms with E-state index in [4.69, 9.17) is 11.6 Å². The van der Waals surface area contributed by atoms with E-state index in [-0.39, 0.29) is 11.9 Å². The first kappa shape index (κ1) is 21.8. The van der Waals surface area contributed by atoms with Crippen LogP contribution in [0.4, 0.5) is 0 Å². The topological polar surface area (TPSA) is 85.6 Å². The summed E-state index contributed by atoms with van der Waals surface area (Å²) in [7, 11) is 0. The van der Waals surface area contributed by atoms with Gasteiger partial charge in [0.15, 0.2) is 10.9 Å². The second kappa shape index (κ2) is 10.2. The van der Waals surface area contributed by atoms with Gasteiger partial charge < -0.3 is 5.32 Å². The average Bonchev–Trinajstić information content (AvgIpc) is 3.04. The van der Waals surface area contributed by atoms with Crippen LogP contribution in [0, 0.1) is 6.92 Å². The Labute approximate surface area is 191 Å². The van der Waals surface area contributed by atoms with E-state index in [0.717, 1.165) is 36.9 Å². The second-order valence-electron chi connectivity index (χ2n) is 7.71. The molecular formula is C22H25ClN6OS. The Morgan fingerprint density at radius 2 is 1.94 bits per heavy atom. The highest BCUT2D eigenvalue weighted by Gasteiger charge is 2.24. The smallest absolute Gasteiger partial charge is 0.274 e. The molecule has 1 N–H and O–H groups in total. The van der Waals surface area contributed by atoms with Gasteiger partial charge in [-0.15, -0.1) is 5.10 Å². The van der Waals surface area contributed by atoms with Crippen LogP contribution in [0.5, 0.6) is 0 Å². The van der Waals surface area contributed by atoms with Gasteiger partial charge in [0.2, 0.25) is 0 Å². The summed E-state index contributed by atoms with van der Waals surface area (Å²) in [6.07, 6.45) is 10.2. The van der Waals surface area contributed by atoms with Crippen molar-refractivity contribution in [2.24, 2.45) is 0 Å². The molecule has 0 aliphatic heterocycles. The van der Waals surface area contributed by atoms with Crippen molar-refractivity contribution >= 4 is 29.3 Å². The number of carbonyl (C=O) groups is 1. The number of amides is 1. The molecule has 0 saturated heterocycles. The van der Waals surface area contributed by atoms with Crippen molar-refractivity contribution in [3.63, 3.8) is 0 Å². The molecule has 1 saturated carbocycles. The van der Waals surface area contributed by atoms with Gasteiger partial charge in [0.1, 0.15) is 0 Å². The summed E-state index contributed by atoms with van der Waals surface area (Å²) in [5, 5.41) is 13.0. The first-order chi connectivity index (χ1) is 15.1. The molecule has 9 heteroatoms. The van der Waals surface area contributed by atoms with Crippen molar-refractivity contribution in [2.45, 2.75) is 62.4 Å². The van der Waals surface area contributed by atoms with Crippen molar-refractivity contribution in [2.75, 3.05) is 0 Å². The Hall–Kier alpha value is -2.45. The van der Waals surface area contributed by atoms with Gasteiger partial charge in [-0.3, -0.25) is 4.79 Å². The quantitative estimate of drug-likeness (QED) is 0.327. The second-order valence-corrected chi connectivity index (χ2v) is 9.06. The minimum absolute atomic E-state index is 0.180. The third-order valence-electron chi connectivity index (χ3n) is 5.45. The van der Waals surface area contributed by atoms with Gasteiger partial charge >= 0.3 is 0 Å². The number of benzene rings is 1. The molecule has 0 bridgehead atoms. The van der Waals surface area contributed by atoms with Crippen LogP contribution in [0.25, 0.3) is 5.69 Å². The minimum Gasteiger partial charge on any atom is -0.348 e. The predicted molar refractivity (Wildman–Crippen MR) is 122 cm³/mol. The van der Waals surface area contributed by atoms with E-state index in [1.807, 2.05) is 25.1 Å². The Kier molecular flexibility index (Phi) is 7.19. The van der Waals surface area contributed by atoms with Gasteiger partial charge in [-0.1, -0.05) is 60.3 Å². The van der Waals surface area contributed by atoms with Crippen molar-refractivity contribution in [1.29, 1.82) is 0 Å². The first-order valence-electron chi connectivity index (χ1n) is 10.5. The number of halogens is 1. The fourth-order valence-electron chi connectivity index (χ4n) is 3.70. The van der Waals surface area contributed by atoms with E-state index >= 15 is 0 Å². The molecule has 0 spiro atoms. The monoisotopic (exact) mass is 456 g/mol. The molecule has 1 amide bonds. The van der Waals surface area contributed by atoms with Crippen LogP contribution in [-0.2, 0) is 5.75 Å². The zero-order valence-electron chi connectivity index (χ0n) is 17.4. The average molecular weight is 457 g/mol. The van der Waals surface area contributed by atoms with E-state index in [0.29, 0.717) is 27.3 Å². The highest BCUT2D eigenvalue weighted by molar-refractivity contribution is 7.98. The van der Waals surface area contributed by atoms with Gasteiger partial charge in [0.05, 0.1) is 11.4 Å². The van der Waals surface area contributed by atoms with Gasteiger partial charge in [0, 0.05) is 29.2 Å². The van der Waals surface area contributed by atoms with Crippen molar-refractivity contribution in [3.05, 3.63) is 58.6 Å². The highest BCUT2D eigenvalue weighted by atomic mass is 35.5. The molecular weight excluding hydrogens is 432 g/mol. The number of aryl methyl sites for hydroxylation is 1. The van der Waals surface area contributed by atoms with E-state index in [1.165, 1.54) is 24.6 Å². The zero-order chi connectivity index (χ0) is 21.6. The first-order valence-corrected chi connectivity index (χ1v) is 11.9. The Morgan fingerprint density at radius 3 is 2.65 bits per heavy atom. The predicted octanol–water partition coefficient (Wildman–Crippen LogP) is 4.76. The fraction of sp³-hybridized carbons (Fsp3) is 0.409. The molecule has 1 aliphatic carbocycles. The number of thioether (sulfide) groups is 1. The van der Waals surface area contributed by atoms with Crippen molar-refractivity contribution in [1.82, 2.24) is 30.3 Å². The summed E-state index contributed by atoms with van der Waals surface area (Å²) in [6.45, 7) is 1.95. The maximum Gasteiger partial charge on any atom is 0.274 e. The van der Waals surface area contributed by atoms with Crippen LogP contribution in [0.3, 0.4) is 0 Å². The molecule has 31 heavy (non-hydrogen) atoms. The molecule has 0 radical (unpaired) electrons. The molecule has 1 aliphatic rings. The number of hydrogen-bond donors (Lipinski definition) is 1. The van der Waals surface area contributed by atoms with Gasteiger partial charge in [-0.05, 0) is 43.5 Å². The molecule has 0 atom stereocenters. The van der Waals surface area contributed by atoms with Crippen LogP contribution >= 0.6 is 23.4 Å². The lowest BCUT2D eigenvalue weighted by molar-refractivity contribution is 0.0927. The molecule has 2 heterocycles. The summed E-state index contributed by atoms with van der Waals surface area (Å²) in [5.74, 6) is 0.275. The lowest BCUT2D eigenvalue weighted by atomic mass is 10.1. The summed E-state index contributed by atoms with van der Waals surface area (Å²) in [6, 6.07) is 7.66. The lowest BCUT2D eigenvalue weighted by Crippen LogP contribution is -2.35. The molecule has 7 nitrogen and oxygen atoms in total. The maximum atomic E-state index is 13.1. The van der Waals surface area contributed by atoms with E-state index in [9.17, 15) is 4.79 Å². The molecule has 0 unspecified atom stereocenters. The highest BCUT2D eigenvalue weighted by Crippen LogP contribution is 2.25. The van der Waals surface area contributed by atoms with Crippen LogP contribution in [0.15, 0.2) is 41.8 Å². The van der Waals surface area contributed by atoms with E-state index < -0.39 is 0 Å². The van der Waals surface area contributed by atoms with Crippen LogP contribution < -0.4 is 5.32 Å². The van der Waals surface area contributed by atoms with Crippen molar-refractivity contribution in [3.8, 4) is 5.69 Å². The fourth-order valence-corrected chi connectivity index (χ4v) is 4.67.